The van der Waals surface area contributed by atoms with Crippen LogP contribution in [0.15, 0.2) is 12.1 Å². The molecule has 1 aromatic rings. The molecular weight excluding hydrogens is 202 g/mol. The minimum absolute atomic E-state index is 0.454. The normalized spacial score (nSPS) is 8.86. The van der Waals surface area contributed by atoms with Gasteiger partial charge in [0, 0.05) is 30.5 Å². The number of rotatable bonds is 1. The maximum atomic E-state index is 10.4. The molecule has 4 heteroatoms. The number of hydrogen-bond acceptors (Lipinski definition) is 3. The predicted molar refractivity (Wildman–Crippen MR) is 58.9 cm³/mol. The molecule has 78 valence electrons. The van der Waals surface area contributed by atoms with Crippen LogP contribution in [-0.4, -0.2) is 20.5 Å². The predicted octanol–water partition coefficient (Wildman–Crippen LogP) is 2.31. The Balaban J connectivity index is 0.000000500. The Morgan fingerprint density at radius 2 is 1.93 bits per heavy atom. The van der Waals surface area contributed by atoms with Gasteiger partial charge in [-0.2, -0.15) is 0 Å². The summed E-state index contributed by atoms with van der Waals surface area (Å²) < 4.78 is 4.25. The lowest BCUT2D eigenvalue weighted by Crippen LogP contribution is -1.95. The summed E-state index contributed by atoms with van der Waals surface area (Å²) in [5.41, 5.74) is 7.36. The van der Waals surface area contributed by atoms with Gasteiger partial charge in [-0.15, -0.1) is 0 Å². The van der Waals surface area contributed by atoms with E-state index in [2.05, 4.69) is 4.74 Å². The molecule has 0 heterocycles. The Hall–Kier alpha value is -1.06. The Morgan fingerprint density at radius 1 is 1.43 bits per heavy atom. The van der Waals surface area contributed by atoms with E-state index >= 15 is 0 Å². The van der Waals surface area contributed by atoms with Crippen LogP contribution >= 0.6 is 11.6 Å². The van der Waals surface area contributed by atoms with Crippen LogP contribution in [0.4, 0.5) is 5.69 Å². The molecular formula is C10H14ClNO2. The lowest BCUT2D eigenvalue weighted by atomic mass is 10.1. The number of aryl methyl sites for hydroxylation is 1. The molecule has 0 amide bonds. The van der Waals surface area contributed by atoms with E-state index in [0.29, 0.717) is 22.6 Å². The standard InChI is InChI=1S/C8H8ClNO.C2H6O/c1-5-2-7(9)3-6(4-11)8(5)10;1-3-2/h2-4H,10H2,1H3;1-2H3. The number of nitrogen functional groups attached to an aromatic ring is 1. The van der Waals surface area contributed by atoms with Crippen LogP contribution in [0.5, 0.6) is 0 Å². The van der Waals surface area contributed by atoms with Crippen LogP contribution in [-0.2, 0) is 4.74 Å². The summed E-state index contributed by atoms with van der Waals surface area (Å²) in [6.07, 6.45) is 0.703. The fourth-order valence-electron chi connectivity index (χ4n) is 0.878. The van der Waals surface area contributed by atoms with E-state index in [1.54, 1.807) is 26.4 Å². The summed E-state index contributed by atoms with van der Waals surface area (Å²) in [6, 6.07) is 3.28. The van der Waals surface area contributed by atoms with E-state index in [1.165, 1.54) is 0 Å². The summed E-state index contributed by atoms with van der Waals surface area (Å²) in [7, 11) is 3.25. The van der Waals surface area contributed by atoms with E-state index in [-0.39, 0.29) is 0 Å². The van der Waals surface area contributed by atoms with Gasteiger partial charge < -0.3 is 10.5 Å². The van der Waals surface area contributed by atoms with Gasteiger partial charge in [-0.3, -0.25) is 4.79 Å². The summed E-state index contributed by atoms with van der Waals surface area (Å²) in [5.74, 6) is 0. The van der Waals surface area contributed by atoms with Crippen LogP contribution in [0.25, 0.3) is 0 Å². The maximum absolute atomic E-state index is 10.4. The second-order valence-corrected chi connectivity index (χ2v) is 3.19. The van der Waals surface area contributed by atoms with Gasteiger partial charge in [0.1, 0.15) is 0 Å². The number of nitrogens with two attached hydrogens (primary N) is 1. The van der Waals surface area contributed by atoms with Crippen LogP contribution in [0.3, 0.4) is 0 Å². The summed E-state index contributed by atoms with van der Waals surface area (Å²) >= 11 is 5.69. The van der Waals surface area contributed by atoms with Gasteiger partial charge in [-0.05, 0) is 24.6 Å². The Kier molecular flexibility index (Phi) is 5.92. The first-order valence-electron chi connectivity index (χ1n) is 3.97. The van der Waals surface area contributed by atoms with Crippen molar-refractivity contribution in [3.8, 4) is 0 Å². The third kappa shape index (κ3) is 3.77. The number of halogens is 1. The smallest absolute Gasteiger partial charge is 0.152 e. The molecule has 0 aliphatic rings. The molecule has 0 aliphatic heterocycles. The molecule has 0 fully saturated rings. The summed E-state index contributed by atoms with van der Waals surface area (Å²) in [4.78, 5) is 10.4. The fourth-order valence-corrected chi connectivity index (χ4v) is 1.16. The van der Waals surface area contributed by atoms with Crippen molar-refractivity contribution in [2.45, 2.75) is 6.92 Å². The minimum atomic E-state index is 0.454. The number of anilines is 1. The number of aldehydes is 1. The average Bonchev–Trinajstić information content (AvgIpc) is 2.12. The van der Waals surface area contributed by atoms with Crippen molar-refractivity contribution in [1.82, 2.24) is 0 Å². The van der Waals surface area contributed by atoms with Crippen LogP contribution in [0.1, 0.15) is 15.9 Å². The molecule has 0 bridgehead atoms. The second kappa shape index (κ2) is 6.40. The van der Waals surface area contributed by atoms with Crippen LogP contribution in [0, 0.1) is 6.92 Å². The molecule has 0 aliphatic carbocycles. The Bertz CT molecular complexity index is 313. The van der Waals surface area contributed by atoms with Crippen molar-refractivity contribution in [2.24, 2.45) is 0 Å². The van der Waals surface area contributed by atoms with Crippen molar-refractivity contribution in [1.29, 1.82) is 0 Å². The lowest BCUT2D eigenvalue weighted by Gasteiger charge is -2.02. The highest BCUT2D eigenvalue weighted by atomic mass is 35.5. The van der Waals surface area contributed by atoms with Crippen molar-refractivity contribution in [3.05, 3.63) is 28.3 Å². The number of benzene rings is 1. The molecule has 0 atom stereocenters. The van der Waals surface area contributed by atoms with E-state index in [1.807, 2.05) is 6.92 Å². The highest BCUT2D eigenvalue weighted by molar-refractivity contribution is 6.31. The first-order valence-corrected chi connectivity index (χ1v) is 4.35. The van der Waals surface area contributed by atoms with Crippen molar-refractivity contribution < 1.29 is 9.53 Å². The van der Waals surface area contributed by atoms with Crippen LogP contribution in [0.2, 0.25) is 5.02 Å². The number of ether oxygens (including phenoxy) is 1. The first-order chi connectivity index (χ1) is 6.56. The molecule has 0 spiro atoms. The molecule has 0 saturated carbocycles. The molecule has 1 rings (SSSR count). The largest absolute Gasteiger partial charge is 0.398 e. The molecule has 14 heavy (non-hydrogen) atoms. The zero-order valence-electron chi connectivity index (χ0n) is 8.50. The summed E-state index contributed by atoms with van der Waals surface area (Å²) in [5, 5.41) is 0.541. The van der Waals surface area contributed by atoms with Gasteiger partial charge in [0.2, 0.25) is 0 Å². The van der Waals surface area contributed by atoms with Gasteiger partial charge in [0.15, 0.2) is 6.29 Å². The monoisotopic (exact) mass is 215 g/mol. The fraction of sp³-hybridized carbons (Fsp3) is 0.300. The first kappa shape index (κ1) is 12.9. The third-order valence-electron chi connectivity index (χ3n) is 1.51. The van der Waals surface area contributed by atoms with E-state index in [0.717, 1.165) is 5.56 Å². The topological polar surface area (TPSA) is 52.3 Å². The Morgan fingerprint density at radius 3 is 2.36 bits per heavy atom. The van der Waals surface area contributed by atoms with Gasteiger partial charge in [-0.1, -0.05) is 11.6 Å². The van der Waals surface area contributed by atoms with Crippen molar-refractivity contribution in [3.63, 3.8) is 0 Å². The third-order valence-corrected chi connectivity index (χ3v) is 1.73. The highest BCUT2D eigenvalue weighted by Crippen LogP contribution is 2.20. The number of carbonyl (C=O) groups is 1. The molecule has 1 aromatic carbocycles. The number of carbonyl (C=O) groups excluding carboxylic acids is 1. The zero-order valence-corrected chi connectivity index (χ0v) is 9.26. The average molecular weight is 216 g/mol. The second-order valence-electron chi connectivity index (χ2n) is 2.75. The summed E-state index contributed by atoms with van der Waals surface area (Å²) in [6.45, 7) is 1.81. The number of methoxy groups -OCH3 is 1. The molecule has 0 unspecified atom stereocenters. The SMILES string of the molecule is COC.Cc1cc(Cl)cc(C=O)c1N. The van der Waals surface area contributed by atoms with Crippen molar-refractivity contribution >= 4 is 23.6 Å². The Labute approximate surface area is 88.8 Å². The van der Waals surface area contributed by atoms with Gasteiger partial charge in [0.05, 0.1) is 0 Å². The van der Waals surface area contributed by atoms with E-state index in [4.69, 9.17) is 17.3 Å². The molecule has 0 aromatic heterocycles. The van der Waals surface area contributed by atoms with Crippen molar-refractivity contribution in [2.75, 3.05) is 20.0 Å². The van der Waals surface area contributed by atoms with Crippen LogP contribution < -0.4 is 5.73 Å². The van der Waals surface area contributed by atoms with E-state index in [9.17, 15) is 4.79 Å². The quantitative estimate of drug-likeness (QED) is 0.578. The van der Waals surface area contributed by atoms with E-state index < -0.39 is 0 Å². The van der Waals surface area contributed by atoms with Gasteiger partial charge in [-0.25, -0.2) is 0 Å². The van der Waals surface area contributed by atoms with Gasteiger partial charge in [0.25, 0.3) is 0 Å². The van der Waals surface area contributed by atoms with Gasteiger partial charge >= 0.3 is 0 Å². The maximum Gasteiger partial charge on any atom is 0.152 e. The molecule has 2 N–H and O–H groups in total. The molecule has 0 saturated heterocycles. The number of hydrogen-bond donors (Lipinski definition) is 1. The highest BCUT2D eigenvalue weighted by Gasteiger charge is 2.01. The lowest BCUT2D eigenvalue weighted by molar-refractivity contribution is 0.112. The minimum Gasteiger partial charge on any atom is -0.398 e. The molecule has 3 nitrogen and oxygen atoms in total. The zero-order chi connectivity index (χ0) is 11.1. The molecule has 0 radical (unpaired) electrons.